The molecule has 0 saturated heterocycles. The van der Waals surface area contributed by atoms with Crippen molar-refractivity contribution in [3.63, 3.8) is 0 Å². The van der Waals surface area contributed by atoms with Crippen LogP contribution in [0.15, 0.2) is 47.5 Å². The lowest BCUT2D eigenvalue weighted by Gasteiger charge is -2.19. The highest BCUT2D eigenvalue weighted by molar-refractivity contribution is 6.09. The number of aliphatic imine (C=N–C) groups is 1. The summed E-state index contributed by atoms with van der Waals surface area (Å²) in [6.07, 6.45) is 0.409. The highest BCUT2D eigenvalue weighted by Gasteiger charge is 2.19. The SMILES string of the molecule is CCOC(=O)CNC(=O)c1cc(CCC(=O)OC(C)(C)C)ccc1NC(=O)c1cccc(N=C(N)N)c1. The van der Waals surface area contributed by atoms with Crippen LogP contribution >= 0.6 is 0 Å². The van der Waals surface area contributed by atoms with Gasteiger partial charge in [-0.15, -0.1) is 0 Å². The van der Waals surface area contributed by atoms with E-state index in [1.807, 2.05) is 0 Å². The number of aryl methyl sites for hydroxylation is 1. The molecule has 37 heavy (non-hydrogen) atoms. The molecule has 0 aliphatic carbocycles. The molecule has 0 aromatic heterocycles. The third-order valence-corrected chi connectivity index (χ3v) is 4.68. The van der Waals surface area contributed by atoms with E-state index in [1.165, 1.54) is 6.07 Å². The fraction of sp³-hybridized carbons (Fsp3) is 0.346. The van der Waals surface area contributed by atoms with Crippen LogP contribution in [-0.2, 0) is 25.5 Å². The quantitative estimate of drug-likeness (QED) is 0.214. The minimum absolute atomic E-state index is 0.102. The Bertz CT molecular complexity index is 1180. The number of ether oxygens (including phenoxy) is 2. The maximum absolute atomic E-state index is 12.9. The van der Waals surface area contributed by atoms with Gasteiger partial charge in [-0.05, 0) is 70.0 Å². The number of rotatable bonds is 10. The van der Waals surface area contributed by atoms with Crippen molar-refractivity contribution in [2.24, 2.45) is 16.5 Å². The molecule has 2 aromatic carbocycles. The Morgan fingerprint density at radius 3 is 2.35 bits per heavy atom. The molecule has 0 atom stereocenters. The molecule has 0 aliphatic rings. The average Bonchev–Trinajstić information content (AvgIpc) is 2.80. The molecule has 0 bridgehead atoms. The third kappa shape index (κ3) is 10.0. The summed E-state index contributed by atoms with van der Waals surface area (Å²) < 4.78 is 10.2. The minimum Gasteiger partial charge on any atom is -0.465 e. The van der Waals surface area contributed by atoms with E-state index in [9.17, 15) is 19.2 Å². The van der Waals surface area contributed by atoms with Crippen molar-refractivity contribution in [3.05, 3.63) is 59.2 Å². The molecule has 0 unspecified atom stereocenters. The number of guanidine groups is 1. The van der Waals surface area contributed by atoms with Gasteiger partial charge in [0.05, 0.1) is 23.5 Å². The van der Waals surface area contributed by atoms with E-state index in [0.717, 1.165) is 0 Å². The van der Waals surface area contributed by atoms with Gasteiger partial charge in [-0.25, -0.2) is 4.99 Å². The lowest BCUT2D eigenvalue weighted by atomic mass is 10.0. The summed E-state index contributed by atoms with van der Waals surface area (Å²) >= 11 is 0. The van der Waals surface area contributed by atoms with Crippen LogP contribution in [0, 0.1) is 0 Å². The van der Waals surface area contributed by atoms with Gasteiger partial charge in [0, 0.05) is 12.0 Å². The summed E-state index contributed by atoms with van der Waals surface area (Å²) in [6, 6.07) is 11.1. The summed E-state index contributed by atoms with van der Waals surface area (Å²) in [7, 11) is 0. The number of nitrogens with zero attached hydrogens (tertiary/aromatic N) is 1. The molecule has 0 heterocycles. The molecule has 0 fully saturated rings. The topological polar surface area (TPSA) is 175 Å². The van der Waals surface area contributed by atoms with E-state index in [2.05, 4.69) is 15.6 Å². The van der Waals surface area contributed by atoms with Crippen LogP contribution in [-0.4, -0.2) is 48.5 Å². The zero-order valence-corrected chi connectivity index (χ0v) is 21.4. The monoisotopic (exact) mass is 511 g/mol. The number of benzene rings is 2. The summed E-state index contributed by atoms with van der Waals surface area (Å²) in [5.41, 5.74) is 11.8. The zero-order valence-electron chi connectivity index (χ0n) is 21.4. The summed E-state index contributed by atoms with van der Waals surface area (Å²) in [5, 5.41) is 5.19. The predicted octanol–water partition coefficient (Wildman–Crippen LogP) is 2.41. The maximum Gasteiger partial charge on any atom is 0.325 e. The van der Waals surface area contributed by atoms with Gasteiger partial charge in [0.2, 0.25) is 0 Å². The minimum atomic E-state index is -0.609. The molecule has 6 N–H and O–H groups in total. The summed E-state index contributed by atoms with van der Waals surface area (Å²) in [4.78, 5) is 53.6. The van der Waals surface area contributed by atoms with Gasteiger partial charge in [-0.1, -0.05) is 12.1 Å². The first-order valence-corrected chi connectivity index (χ1v) is 11.7. The highest BCUT2D eigenvalue weighted by atomic mass is 16.6. The second-order valence-electron chi connectivity index (χ2n) is 9.00. The van der Waals surface area contributed by atoms with E-state index in [1.54, 1.807) is 64.1 Å². The van der Waals surface area contributed by atoms with Crippen LogP contribution < -0.4 is 22.1 Å². The molecule has 11 nitrogen and oxygen atoms in total. The summed E-state index contributed by atoms with van der Waals surface area (Å²) in [6.45, 7) is 6.83. The van der Waals surface area contributed by atoms with Gasteiger partial charge in [0.1, 0.15) is 12.1 Å². The number of hydrogen-bond acceptors (Lipinski definition) is 7. The first kappa shape index (κ1) is 28.8. The van der Waals surface area contributed by atoms with Crippen LogP contribution in [0.5, 0.6) is 0 Å². The number of nitrogens with one attached hydrogen (secondary N) is 2. The zero-order chi connectivity index (χ0) is 27.6. The number of nitrogens with two attached hydrogens (primary N) is 2. The van der Waals surface area contributed by atoms with Crippen molar-refractivity contribution in [2.75, 3.05) is 18.5 Å². The van der Waals surface area contributed by atoms with Gasteiger partial charge in [-0.3, -0.25) is 19.2 Å². The van der Waals surface area contributed by atoms with E-state index in [0.29, 0.717) is 17.7 Å². The molecular formula is C26H33N5O6. The molecule has 0 radical (unpaired) electrons. The lowest BCUT2D eigenvalue weighted by Crippen LogP contribution is -2.31. The normalized spacial score (nSPS) is 10.7. The Hall–Kier alpha value is -4.41. The molecule has 198 valence electrons. The summed E-state index contributed by atoms with van der Waals surface area (Å²) in [5.74, 6) is -2.23. The number of esters is 2. The average molecular weight is 512 g/mol. The van der Waals surface area contributed by atoms with Crippen molar-refractivity contribution in [3.8, 4) is 0 Å². The van der Waals surface area contributed by atoms with Crippen LogP contribution in [0.2, 0.25) is 0 Å². The van der Waals surface area contributed by atoms with Crippen LogP contribution in [0.1, 0.15) is 60.4 Å². The van der Waals surface area contributed by atoms with E-state index in [-0.39, 0.29) is 48.3 Å². The second kappa shape index (κ2) is 13.1. The number of carbonyl (C=O) groups excluding carboxylic acids is 4. The fourth-order valence-electron chi connectivity index (χ4n) is 3.20. The third-order valence-electron chi connectivity index (χ3n) is 4.68. The van der Waals surface area contributed by atoms with Gasteiger partial charge in [0.15, 0.2) is 5.96 Å². The first-order chi connectivity index (χ1) is 17.4. The standard InChI is InChI=1S/C26H33N5O6/c1-5-36-22(33)15-29-24(35)19-13-16(10-12-21(32)37-26(2,3)4)9-11-20(19)31-23(34)17-7-6-8-18(14-17)30-25(27)28/h6-9,11,13-14H,5,10,12,15H2,1-4H3,(H,29,35)(H,31,34)(H4,27,28,30). The second-order valence-corrected chi connectivity index (χ2v) is 9.00. The molecule has 0 spiro atoms. The Labute approximate surface area is 215 Å². The maximum atomic E-state index is 12.9. The van der Waals surface area contributed by atoms with Crippen molar-refractivity contribution >= 4 is 41.1 Å². The first-order valence-electron chi connectivity index (χ1n) is 11.7. The molecular weight excluding hydrogens is 478 g/mol. The van der Waals surface area contributed by atoms with Crippen molar-refractivity contribution in [1.82, 2.24) is 5.32 Å². The molecule has 2 aromatic rings. The van der Waals surface area contributed by atoms with Crippen molar-refractivity contribution < 1.29 is 28.7 Å². The van der Waals surface area contributed by atoms with E-state index < -0.39 is 23.4 Å². The van der Waals surface area contributed by atoms with Gasteiger partial charge < -0.3 is 31.6 Å². The number of amides is 2. The van der Waals surface area contributed by atoms with E-state index >= 15 is 0 Å². The largest absolute Gasteiger partial charge is 0.465 e. The molecule has 2 amide bonds. The Kier molecular flexibility index (Phi) is 10.2. The number of hydrogen-bond donors (Lipinski definition) is 4. The van der Waals surface area contributed by atoms with Gasteiger partial charge in [0.25, 0.3) is 11.8 Å². The Balaban J connectivity index is 2.28. The fourth-order valence-corrected chi connectivity index (χ4v) is 3.20. The van der Waals surface area contributed by atoms with E-state index in [4.69, 9.17) is 20.9 Å². The molecule has 0 aliphatic heterocycles. The molecule has 0 saturated carbocycles. The number of carbonyl (C=O) groups is 4. The van der Waals surface area contributed by atoms with Gasteiger partial charge in [-0.2, -0.15) is 0 Å². The Morgan fingerprint density at radius 1 is 0.973 bits per heavy atom. The Morgan fingerprint density at radius 2 is 1.70 bits per heavy atom. The van der Waals surface area contributed by atoms with Crippen molar-refractivity contribution in [2.45, 2.75) is 46.1 Å². The highest BCUT2D eigenvalue weighted by Crippen LogP contribution is 2.22. The predicted molar refractivity (Wildman–Crippen MR) is 139 cm³/mol. The van der Waals surface area contributed by atoms with Crippen LogP contribution in [0.3, 0.4) is 0 Å². The lowest BCUT2D eigenvalue weighted by molar-refractivity contribution is -0.154. The molecule has 11 heteroatoms. The smallest absolute Gasteiger partial charge is 0.325 e. The molecule has 2 rings (SSSR count). The van der Waals surface area contributed by atoms with Crippen molar-refractivity contribution in [1.29, 1.82) is 0 Å². The van der Waals surface area contributed by atoms with Gasteiger partial charge >= 0.3 is 11.9 Å². The van der Waals surface area contributed by atoms with Crippen LogP contribution in [0.25, 0.3) is 0 Å². The number of anilines is 1. The van der Waals surface area contributed by atoms with Crippen LogP contribution in [0.4, 0.5) is 11.4 Å².